The molecule has 0 aliphatic rings. The van der Waals surface area contributed by atoms with E-state index in [-0.39, 0.29) is 5.56 Å². The van der Waals surface area contributed by atoms with Crippen molar-refractivity contribution in [2.45, 2.75) is 27.2 Å². The zero-order chi connectivity index (χ0) is 10.6. The van der Waals surface area contributed by atoms with E-state index in [4.69, 9.17) is 0 Å². The van der Waals surface area contributed by atoms with Crippen molar-refractivity contribution in [2.24, 2.45) is 0 Å². The fraction of sp³-hybridized carbons (Fsp3) is 0.600. The van der Waals surface area contributed by atoms with Gasteiger partial charge in [0.2, 0.25) is 0 Å². The van der Waals surface area contributed by atoms with Crippen molar-refractivity contribution >= 4 is 5.82 Å². The molecule has 0 radical (unpaired) electrons. The van der Waals surface area contributed by atoms with Gasteiger partial charge in [0.1, 0.15) is 11.6 Å². The van der Waals surface area contributed by atoms with Crippen LogP contribution in [0.25, 0.3) is 0 Å². The zero-order valence-corrected chi connectivity index (χ0v) is 9.00. The quantitative estimate of drug-likeness (QED) is 0.788. The number of aromatic amines is 1. The molecule has 14 heavy (non-hydrogen) atoms. The van der Waals surface area contributed by atoms with Gasteiger partial charge in [-0.3, -0.25) is 4.79 Å². The third kappa shape index (κ3) is 2.58. The number of hydrogen-bond donors (Lipinski definition) is 1. The molecule has 0 unspecified atom stereocenters. The predicted octanol–water partition coefficient (Wildman–Crippen LogP) is 1.31. The molecule has 0 spiro atoms. The summed E-state index contributed by atoms with van der Waals surface area (Å²) in [6, 6.07) is 1.55. The van der Waals surface area contributed by atoms with E-state index < -0.39 is 0 Å². The highest BCUT2D eigenvalue weighted by atomic mass is 16.1. The summed E-state index contributed by atoms with van der Waals surface area (Å²) in [6.45, 7) is 7.79. The molecule has 1 rings (SSSR count). The summed E-state index contributed by atoms with van der Waals surface area (Å²) in [5.74, 6) is 1.44. The van der Waals surface area contributed by atoms with Crippen LogP contribution < -0.4 is 10.5 Å². The van der Waals surface area contributed by atoms with Crippen LogP contribution >= 0.6 is 0 Å². The lowest BCUT2D eigenvalue weighted by molar-refractivity contribution is 0.770. The Labute approximate surface area is 84.0 Å². The Morgan fingerprint density at radius 2 is 2.21 bits per heavy atom. The van der Waals surface area contributed by atoms with Crippen molar-refractivity contribution in [3.63, 3.8) is 0 Å². The van der Waals surface area contributed by atoms with Crippen molar-refractivity contribution in [1.82, 2.24) is 9.97 Å². The standard InChI is InChI=1S/C10H17N3O/c1-4-6-13(5-2)9-7-10(14)12-8(3)11-9/h7H,4-6H2,1-3H3,(H,11,12,14). The van der Waals surface area contributed by atoms with Crippen LogP contribution in [-0.4, -0.2) is 23.1 Å². The Hall–Kier alpha value is -1.32. The second kappa shape index (κ2) is 4.79. The van der Waals surface area contributed by atoms with Crippen LogP contribution in [0, 0.1) is 6.92 Å². The summed E-state index contributed by atoms with van der Waals surface area (Å²) in [5.41, 5.74) is -0.0814. The van der Waals surface area contributed by atoms with Crippen molar-refractivity contribution in [2.75, 3.05) is 18.0 Å². The Morgan fingerprint density at radius 1 is 1.50 bits per heavy atom. The molecule has 0 saturated carbocycles. The molecular weight excluding hydrogens is 178 g/mol. The van der Waals surface area contributed by atoms with Crippen LogP contribution in [0.4, 0.5) is 5.82 Å². The number of hydrogen-bond acceptors (Lipinski definition) is 3. The average Bonchev–Trinajstić information content (AvgIpc) is 2.12. The fourth-order valence-electron chi connectivity index (χ4n) is 1.43. The lowest BCUT2D eigenvalue weighted by Crippen LogP contribution is -2.26. The van der Waals surface area contributed by atoms with Gasteiger partial charge in [0, 0.05) is 19.2 Å². The van der Waals surface area contributed by atoms with Gasteiger partial charge in [0.05, 0.1) is 0 Å². The van der Waals surface area contributed by atoms with Gasteiger partial charge in [-0.2, -0.15) is 0 Å². The SMILES string of the molecule is CCCN(CC)c1cc(=O)[nH]c(C)n1. The number of aromatic nitrogens is 2. The first-order valence-electron chi connectivity index (χ1n) is 5.00. The fourth-order valence-corrected chi connectivity index (χ4v) is 1.43. The van der Waals surface area contributed by atoms with Gasteiger partial charge in [-0.15, -0.1) is 0 Å². The molecule has 0 aromatic carbocycles. The van der Waals surface area contributed by atoms with E-state index in [1.165, 1.54) is 0 Å². The first-order chi connectivity index (χ1) is 6.67. The lowest BCUT2D eigenvalue weighted by Gasteiger charge is -2.20. The van der Waals surface area contributed by atoms with Gasteiger partial charge < -0.3 is 9.88 Å². The summed E-state index contributed by atoms with van der Waals surface area (Å²) in [7, 11) is 0. The van der Waals surface area contributed by atoms with Gasteiger partial charge in [0.25, 0.3) is 5.56 Å². The topological polar surface area (TPSA) is 49.0 Å². The smallest absolute Gasteiger partial charge is 0.252 e. The minimum atomic E-state index is -0.0814. The monoisotopic (exact) mass is 195 g/mol. The maximum Gasteiger partial charge on any atom is 0.252 e. The van der Waals surface area contributed by atoms with Crippen molar-refractivity contribution in [3.05, 3.63) is 22.2 Å². The molecule has 0 amide bonds. The maximum atomic E-state index is 11.2. The largest absolute Gasteiger partial charge is 0.357 e. The Bertz CT molecular complexity index is 345. The highest BCUT2D eigenvalue weighted by molar-refractivity contribution is 5.36. The van der Waals surface area contributed by atoms with Gasteiger partial charge in [-0.1, -0.05) is 6.92 Å². The molecule has 0 atom stereocenters. The van der Waals surface area contributed by atoms with E-state index in [9.17, 15) is 4.79 Å². The van der Waals surface area contributed by atoms with E-state index in [2.05, 4.69) is 28.7 Å². The van der Waals surface area contributed by atoms with Gasteiger partial charge in [0.15, 0.2) is 0 Å². The number of nitrogens with zero attached hydrogens (tertiary/aromatic N) is 2. The molecule has 1 N–H and O–H groups in total. The molecule has 0 saturated heterocycles. The van der Waals surface area contributed by atoms with Crippen LogP contribution in [0.2, 0.25) is 0 Å². The van der Waals surface area contributed by atoms with E-state index in [1.807, 2.05) is 0 Å². The molecule has 4 nitrogen and oxygen atoms in total. The first-order valence-corrected chi connectivity index (χ1v) is 5.00. The second-order valence-corrected chi connectivity index (χ2v) is 3.27. The van der Waals surface area contributed by atoms with Gasteiger partial charge in [-0.05, 0) is 20.3 Å². The molecule has 0 fully saturated rings. The molecule has 78 valence electrons. The highest BCUT2D eigenvalue weighted by Gasteiger charge is 2.05. The number of H-pyrrole nitrogens is 1. The average molecular weight is 195 g/mol. The van der Waals surface area contributed by atoms with Gasteiger partial charge in [-0.25, -0.2) is 4.98 Å². The summed E-state index contributed by atoms with van der Waals surface area (Å²) in [4.78, 5) is 20.2. The molecule has 1 aromatic rings. The zero-order valence-electron chi connectivity index (χ0n) is 9.00. The summed E-state index contributed by atoms with van der Waals surface area (Å²) >= 11 is 0. The lowest BCUT2D eigenvalue weighted by atomic mass is 10.4. The number of anilines is 1. The van der Waals surface area contributed by atoms with Crippen LogP contribution in [0.1, 0.15) is 26.1 Å². The van der Waals surface area contributed by atoms with Crippen molar-refractivity contribution in [3.8, 4) is 0 Å². The summed E-state index contributed by atoms with van der Waals surface area (Å²) in [5, 5.41) is 0. The third-order valence-electron chi connectivity index (χ3n) is 2.05. The molecule has 4 heteroatoms. The molecule has 0 aliphatic carbocycles. The third-order valence-corrected chi connectivity index (χ3v) is 2.05. The molecule has 0 aliphatic heterocycles. The number of nitrogens with one attached hydrogen (secondary N) is 1. The Balaban J connectivity index is 2.97. The second-order valence-electron chi connectivity index (χ2n) is 3.27. The van der Waals surface area contributed by atoms with Crippen molar-refractivity contribution < 1.29 is 0 Å². The van der Waals surface area contributed by atoms with Crippen LogP contribution in [0.15, 0.2) is 10.9 Å². The van der Waals surface area contributed by atoms with Crippen LogP contribution in [-0.2, 0) is 0 Å². The Morgan fingerprint density at radius 3 is 2.71 bits per heavy atom. The minimum absolute atomic E-state index is 0.0814. The molecule has 0 bridgehead atoms. The van der Waals surface area contributed by atoms with Crippen molar-refractivity contribution in [1.29, 1.82) is 0 Å². The van der Waals surface area contributed by atoms with E-state index in [0.29, 0.717) is 5.82 Å². The van der Waals surface area contributed by atoms with E-state index in [1.54, 1.807) is 13.0 Å². The molecule has 1 heterocycles. The number of rotatable bonds is 4. The Kier molecular flexibility index (Phi) is 3.68. The molecule has 1 aromatic heterocycles. The minimum Gasteiger partial charge on any atom is -0.357 e. The van der Waals surface area contributed by atoms with Gasteiger partial charge >= 0.3 is 0 Å². The van der Waals surface area contributed by atoms with Crippen LogP contribution in [0.3, 0.4) is 0 Å². The van der Waals surface area contributed by atoms with Crippen LogP contribution in [0.5, 0.6) is 0 Å². The number of aryl methyl sites for hydroxylation is 1. The first kappa shape index (κ1) is 10.8. The molecular formula is C10H17N3O. The van der Waals surface area contributed by atoms with E-state index >= 15 is 0 Å². The highest BCUT2D eigenvalue weighted by Crippen LogP contribution is 2.07. The predicted molar refractivity (Wildman–Crippen MR) is 57.8 cm³/mol. The van der Waals surface area contributed by atoms with E-state index in [0.717, 1.165) is 25.3 Å². The maximum absolute atomic E-state index is 11.2. The normalized spacial score (nSPS) is 10.2. The summed E-state index contributed by atoms with van der Waals surface area (Å²) < 4.78 is 0. The summed E-state index contributed by atoms with van der Waals surface area (Å²) in [6.07, 6.45) is 1.06.